The number of aliphatic hydroxyl groups excluding tert-OH is 2. The Balaban J connectivity index is 1.58. The number of hydrogen-bond acceptors (Lipinski definition) is 4. The van der Waals surface area contributed by atoms with Crippen LogP contribution in [0.2, 0.25) is 0 Å². The molecule has 2 saturated carbocycles. The van der Waals surface area contributed by atoms with Crippen molar-refractivity contribution in [3.05, 3.63) is 47.1 Å². The normalized spacial score (nSPS) is 33.6. The van der Waals surface area contributed by atoms with Gasteiger partial charge in [-0.25, -0.2) is 0 Å². The first kappa shape index (κ1) is 25.4. The van der Waals surface area contributed by atoms with E-state index in [1.165, 1.54) is 24.0 Å². The van der Waals surface area contributed by atoms with Crippen molar-refractivity contribution in [3.63, 3.8) is 0 Å². The molecule has 0 aromatic rings. The predicted octanol–water partition coefficient (Wildman–Crippen LogP) is 5.40. The minimum absolute atomic E-state index is 0.152. The van der Waals surface area contributed by atoms with E-state index < -0.39 is 17.8 Å². The van der Waals surface area contributed by atoms with E-state index in [4.69, 9.17) is 4.74 Å². The molecule has 0 spiro atoms. The van der Waals surface area contributed by atoms with E-state index in [0.717, 1.165) is 49.7 Å². The summed E-state index contributed by atoms with van der Waals surface area (Å²) in [7, 11) is 0. The van der Waals surface area contributed by atoms with Gasteiger partial charge in [0.1, 0.15) is 0 Å². The molecule has 0 aromatic heterocycles. The summed E-state index contributed by atoms with van der Waals surface area (Å²) in [4.78, 5) is 0. The molecule has 0 amide bonds. The molecule has 180 valence electrons. The van der Waals surface area contributed by atoms with E-state index in [1.807, 2.05) is 13.8 Å². The highest BCUT2D eigenvalue weighted by molar-refractivity contribution is 5.40. The maximum Gasteiger partial charge on any atom is 0.0811 e. The second-order valence-corrected chi connectivity index (χ2v) is 10.4. The Bertz CT molecular complexity index is 757. The van der Waals surface area contributed by atoms with E-state index in [9.17, 15) is 15.3 Å². The molecule has 3 rings (SSSR count). The van der Waals surface area contributed by atoms with Gasteiger partial charge in [-0.2, -0.15) is 0 Å². The maximum absolute atomic E-state index is 10.4. The monoisotopic (exact) mass is 444 g/mol. The fraction of sp³-hybridized carbons (Fsp3) is 0.714. The summed E-state index contributed by atoms with van der Waals surface area (Å²) in [5.74, 6) is 0.503. The summed E-state index contributed by atoms with van der Waals surface area (Å²) < 4.78 is 6.07. The minimum Gasteiger partial charge on any atom is -0.393 e. The molecule has 0 aliphatic heterocycles. The van der Waals surface area contributed by atoms with Crippen LogP contribution in [0.1, 0.15) is 85.0 Å². The third-order valence-electron chi connectivity index (χ3n) is 8.48. The molecular formula is C28H44O4. The number of fused-ring (bicyclic) bond motifs is 1. The van der Waals surface area contributed by atoms with Gasteiger partial charge in [0.2, 0.25) is 0 Å². The molecule has 3 aliphatic rings. The minimum atomic E-state index is -0.637. The Labute approximate surface area is 194 Å². The number of rotatable bonds is 9. The zero-order valence-electron chi connectivity index (χ0n) is 20.4. The van der Waals surface area contributed by atoms with Crippen molar-refractivity contribution >= 4 is 0 Å². The van der Waals surface area contributed by atoms with Gasteiger partial charge in [-0.15, -0.1) is 0 Å². The molecule has 3 N–H and O–H groups in total. The Morgan fingerprint density at radius 3 is 2.72 bits per heavy atom. The summed E-state index contributed by atoms with van der Waals surface area (Å²) in [6.45, 7) is 11.9. The van der Waals surface area contributed by atoms with Gasteiger partial charge in [-0.1, -0.05) is 51.2 Å². The van der Waals surface area contributed by atoms with Gasteiger partial charge in [0.05, 0.1) is 24.4 Å². The molecule has 0 heterocycles. The van der Waals surface area contributed by atoms with Crippen molar-refractivity contribution in [2.75, 3.05) is 13.2 Å². The van der Waals surface area contributed by atoms with E-state index in [-0.39, 0.29) is 5.41 Å². The third kappa shape index (κ3) is 5.64. The van der Waals surface area contributed by atoms with Gasteiger partial charge in [0.25, 0.3) is 0 Å². The molecule has 0 unspecified atom stereocenters. The first-order chi connectivity index (χ1) is 15.2. The number of hydrogen-bond donors (Lipinski definition) is 3. The lowest BCUT2D eigenvalue weighted by Crippen LogP contribution is -2.32. The summed E-state index contributed by atoms with van der Waals surface area (Å²) in [5, 5.41) is 30.6. The van der Waals surface area contributed by atoms with E-state index in [0.29, 0.717) is 32.0 Å². The molecule has 2 fully saturated rings. The molecular weight excluding hydrogens is 400 g/mol. The zero-order valence-corrected chi connectivity index (χ0v) is 20.4. The van der Waals surface area contributed by atoms with Crippen molar-refractivity contribution < 1.29 is 20.1 Å². The lowest BCUT2D eigenvalue weighted by Gasteiger charge is -2.41. The molecule has 0 radical (unpaired) electrons. The quantitative estimate of drug-likeness (QED) is 0.329. The average Bonchev–Trinajstić information content (AvgIpc) is 3.11. The molecule has 4 heteroatoms. The molecule has 0 aromatic carbocycles. The SMILES string of the molecule is C=C1C(=CC=C2CCC[C@]3(C)C(COCCCC(O)(CC)CC)=CC[C@@H]23)C[C@@H](O)C[C@@H]1O. The van der Waals surface area contributed by atoms with E-state index >= 15 is 0 Å². The van der Waals surface area contributed by atoms with Gasteiger partial charge in [-0.3, -0.25) is 0 Å². The number of allylic oxidation sites excluding steroid dienone is 4. The van der Waals surface area contributed by atoms with Crippen LogP contribution in [0.3, 0.4) is 0 Å². The van der Waals surface area contributed by atoms with Crippen LogP contribution in [0.5, 0.6) is 0 Å². The zero-order chi connectivity index (χ0) is 23.4. The third-order valence-corrected chi connectivity index (χ3v) is 8.48. The van der Waals surface area contributed by atoms with Crippen molar-refractivity contribution in [2.24, 2.45) is 11.3 Å². The van der Waals surface area contributed by atoms with Gasteiger partial charge >= 0.3 is 0 Å². The van der Waals surface area contributed by atoms with E-state index in [2.05, 4.69) is 31.7 Å². The second-order valence-electron chi connectivity index (χ2n) is 10.4. The molecule has 3 aliphatic carbocycles. The fourth-order valence-corrected chi connectivity index (χ4v) is 5.88. The van der Waals surface area contributed by atoms with Crippen LogP contribution in [0.15, 0.2) is 47.1 Å². The van der Waals surface area contributed by atoms with Crippen LogP contribution in [-0.2, 0) is 4.74 Å². The molecule has 32 heavy (non-hydrogen) atoms. The van der Waals surface area contributed by atoms with Crippen LogP contribution in [-0.4, -0.2) is 46.3 Å². The smallest absolute Gasteiger partial charge is 0.0811 e. The summed E-state index contributed by atoms with van der Waals surface area (Å²) in [6, 6.07) is 0. The summed E-state index contributed by atoms with van der Waals surface area (Å²) >= 11 is 0. The molecule has 0 bridgehead atoms. The Morgan fingerprint density at radius 2 is 2.00 bits per heavy atom. The lowest BCUT2D eigenvalue weighted by molar-refractivity contribution is 0.0127. The number of ether oxygens (including phenoxy) is 1. The van der Waals surface area contributed by atoms with Crippen molar-refractivity contribution in [1.29, 1.82) is 0 Å². The molecule has 4 atom stereocenters. The summed E-state index contributed by atoms with van der Waals surface area (Å²) in [5.41, 5.74) is 4.23. The highest BCUT2D eigenvalue weighted by atomic mass is 16.5. The first-order valence-electron chi connectivity index (χ1n) is 12.7. The standard InChI is InChI=1S/C28H44O4/c1-5-28(31,6-2)15-8-16-32-19-23-12-13-25-21(9-7-14-27(23,25)4)10-11-22-17-24(29)18-26(30)20(22)3/h10-12,24-26,29-31H,3,5-9,13-19H2,1-2,4H3/t24-,25+,26+,27-/m1/s1. The van der Waals surface area contributed by atoms with Crippen LogP contribution in [0.4, 0.5) is 0 Å². The second kappa shape index (κ2) is 10.8. The van der Waals surface area contributed by atoms with Gasteiger partial charge < -0.3 is 20.1 Å². The molecule has 0 saturated heterocycles. The largest absolute Gasteiger partial charge is 0.393 e. The van der Waals surface area contributed by atoms with Crippen molar-refractivity contribution in [1.82, 2.24) is 0 Å². The van der Waals surface area contributed by atoms with Crippen LogP contribution >= 0.6 is 0 Å². The number of aliphatic hydroxyl groups is 3. The van der Waals surface area contributed by atoms with Gasteiger partial charge in [0.15, 0.2) is 0 Å². The van der Waals surface area contributed by atoms with Crippen molar-refractivity contribution in [2.45, 2.75) is 103 Å². The lowest BCUT2D eigenvalue weighted by atomic mass is 9.64. The first-order valence-corrected chi connectivity index (χ1v) is 12.7. The predicted molar refractivity (Wildman–Crippen MR) is 130 cm³/mol. The summed E-state index contributed by atoms with van der Waals surface area (Å²) in [6.07, 6.45) is 14.4. The van der Waals surface area contributed by atoms with Gasteiger partial charge in [-0.05, 0) is 85.8 Å². The van der Waals surface area contributed by atoms with Crippen LogP contribution < -0.4 is 0 Å². The highest BCUT2D eigenvalue weighted by Gasteiger charge is 2.44. The Morgan fingerprint density at radius 1 is 1.25 bits per heavy atom. The molecule has 4 nitrogen and oxygen atoms in total. The Hall–Kier alpha value is -1.20. The van der Waals surface area contributed by atoms with E-state index in [1.54, 1.807) is 0 Å². The average molecular weight is 445 g/mol. The highest BCUT2D eigenvalue weighted by Crippen LogP contribution is 2.54. The fourth-order valence-electron chi connectivity index (χ4n) is 5.88. The topological polar surface area (TPSA) is 69.9 Å². The van der Waals surface area contributed by atoms with Crippen LogP contribution in [0.25, 0.3) is 0 Å². The van der Waals surface area contributed by atoms with Crippen LogP contribution in [0, 0.1) is 11.3 Å². The maximum atomic E-state index is 10.4. The van der Waals surface area contributed by atoms with Gasteiger partial charge in [0, 0.05) is 13.0 Å². The Kier molecular flexibility index (Phi) is 8.59. The van der Waals surface area contributed by atoms with Crippen molar-refractivity contribution in [3.8, 4) is 0 Å².